The van der Waals surface area contributed by atoms with Gasteiger partial charge in [-0.25, -0.2) is 13.1 Å². The Morgan fingerprint density at radius 2 is 2.10 bits per heavy atom. The second-order valence-corrected chi connectivity index (χ2v) is 6.91. The van der Waals surface area contributed by atoms with Gasteiger partial charge in [0.25, 0.3) is 0 Å². The van der Waals surface area contributed by atoms with Gasteiger partial charge in [-0.3, -0.25) is 0 Å². The van der Waals surface area contributed by atoms with Gasteiger partial charge in [-0.2, -0.15) is 0 Å². The number of hydrogen-bond acceptors (Lipinski definition) is 5. The molecule has 0 radical (unpaired) electrons. The van der Waals surface area contributed by atoms with Gasteiger partial charge in [0.1, 0.15) is 16.4 Å². The third kappa shape index (κ3) is 2.90. The smallest absolute Gasteiger partial charge is 0.244 e. The third-order valence-corrected chi connectivity index (χ3v) is 5.56. The quantitative estimate of drug-likeness (QED) is 0.848. The lowest BCUT2D eigenvalue weighted by atomic mass is 10.0. The molecule has 0 aliphatic carbocycles. The van der Waals surface area contributed by atoms with Crippen molar-refractivity contribution in [2.45, 2.75) is 44.7 Å². The highest BCUT2D eigenvalue weighted by atomic mass is 32.2. The topological polar surface area (TPSA) is 94.6 Å². The molecule has 2 unspecified atom stereocenters. The van der Waals surface area contributed by atoms with E-state index in [9.17, 15) is 8.42 Å². The Balaban J connectivity index is 2.26. The van der Waals surface area contributed by atoms with Crippen LogP contribution in [0.1, 0.15) is 30.4 Å². The summed E-state index contributed by atoms with van der Waals surface area (Å²) in [5.74, 6) is 1.15. The first kappa shape index (κ1) is 15.5. The Morgan fingerprint density at radius 3 is 2.65 bits per heavy atom. The first-order valence-corrected chi connectivity index (χ1v) is 8.24. The van der Waals surface area contributed by atoms with Gasteiger partial charge in [0.05, 0.1) is 6.61 Å². The van der Waals surface area contributed by atoms with E-state index >= 15 is 0 Å². The molecule has 6 nitrogen and oxygen atoms in total. The highest BCUT2D eigenvalue weighted by Crippen LogP contribution is 2.27. The van der Waals surface area contributed by atoms with Crippen LogP contribution in [0.25, 0.3) is 0 Å². The van der Waals surface area contributed by atoms with E-state index in [4.69, 9.17) is 14.9 Å². The summed E-state index contributed by atoms with van der Waals surface area (Å²) in [7, 11) is -3.63. The van der Waals surface area contributed by atoms with Gasteiger partial charge in [0.15, 0.2) is 0 Å². The molecule has 1 aliphatic rings. The standard InChI is InChI=1S/C13H22N2O4S/c1-8(11-4-5-18-7-11)15-20(16,17)13-10(3)19-9(2)12(13)6-14/h8,11,15H,4-7,14H2,1-3H3. The molecule has 0 spiro atoms. The largest absolute Gasteiger partial charge is 0.465 e. The fourth-order valence-corrected chi connectivity index (χ4v) is 4.42. The number of aryl methyl sites for hydroxylation is 2. The fraction of sp³-hybridized carbons (Fsp3) is 0.692. The summed E-state index contributed by atoms with van der Waals surface area (Å²) >= 11 is 0. The predicted octanol–water partition coefficient (Wildman–Crippen LogP) is 1.06. The number of nitrogens with two attached hydrogens (primary N) is 1. The lowest BCUT2D eigenvalue weighted by Crippen LogP contribution is -2.38. The number of furan rings is 1. The van der Waals surface area contributed by atoms with Crippen molar-refractivity contribution < 1.29 is 17.6 Å². The van der Waals surface area contributed by atoms with Crippen molar-refractivity contribution in [1.82, 2.24) is 4.72 Å². The summed E-state index contributed by atoms with van der Waals surface area (Å²) in [4.78, 5) is 0.184. The first-order valence-electron chi connectivity index (χ1n) is 6.75. The highest BCUT2D eigenvalue weighted by molar-refractivity contribution is 7.89. The van der Waals surface area contributed by atoms with E-state index in [0.717, 1.165) is 6.42 Å². The zero-order chi connectivity index (χ0) is 14.9. The van der Waals surface area contributed by atoms with Gasteiger partial charge >= 0.3 is 0 Å². The molecule has 1 aromatic rings. The minimum atomic E-state index is -3.63. The lowest BCUT2D eigenvalue weighted by molar-refractivity contribution is 0.180. The molecule has 114 valence electrons. The van der Waals surface area contributed by atoms with Crippen molar-refractivity contribution in [3.63, 3.8) is 0 Å². The fourth-order valence-electron chi connectivity index (χ4n) is 2.64. The SMILES string of the molecule is Cc1oc(C)c(S(=O)(=O)NC(C)C2CCOC2)c1CN. The summed E-state index contributed by atoms with van der Waals surface area (Å²) in [6.45, 7) is 6.65. The molecule has 1 fully saturated rings. The summed E-state index contributed by atoms with van der Waals surface area (Å²) in [6.07, 6.45) is 0.872. The monoisotopic (exact) mass is 302 g/mol. The molecule has 20 heavy (non-hydrogen) atoms. The maximum atomic E-state index is 12.5. The van der Waals surface area contributed by atoms with Crippen LogP contribution in [0.2, 0.25) is 0 Å². The lowest BCUT2D eigenvalue weighted by Gasteiger charge is -2.19. The number of rotatable bonds is 5. The Bertz CT molecular complexity index is 573. The van der Waals surface area contributed by atoms with E-state index in [0.29, 0.717) is 30.3 Å². The van der Waals surface area contributed by atoms with Crippen LogP contribution in [0, 0.1) is 19.8 Å². The zero-order valence-electron chi connectivity index (χ0n) is 12.1. The number of ether oxygens (including phenoxy) is 1. The van der Waals surface area contributed by atoms with Crippen LogP contribution in [-0.4, -0.2) is 27.7 Å². The van der Waals surface area contributed by atoms with Gasteiger partial charge in [-0.1, -0.05) is 0 Å². The van der Waals surface area contributed by atoms with Gasteiger partial charge in [0.2, 0.25) is 10.0 Å². The molecule has 0 amide bonds. The third-order valence-electron chi connectivity index (χ3n) is 3.81. The molecule has 3 N–H and O–H groups in total. The average Bonchev–Trinajstić information content (AvgIpc) is 2.95. The van der Waals surface area contributed by atoms with E-state index < -0.39 is 10.0 Å². The van der Waals surface area contributed by atoms with E-state index in [-0.39, 0.29) is 23.4 Å². The van der Waals surface area contributed by atoms with Crippen LogP contribution < -0.4 is 10.5 Å². The van der Waals surface area contributed by atoms with E-state index in [2.05, 4.69) is 4.72 Å². The Hall–Kier alpha value is -0.890. The van der Waals surface area contributed by atoms with Crippen LogP contribution in [0.15, 0.2) is 9.31 Å². The van der Waals surface area contributed by atoms with Crippen molar-refractivity contribution in [2.24, 2.45) is 11.7 Å². The summed E-state index contributed by atoms with van der Waals surface area (Å²) in [5.41, 5.74) is 6.19. The normalized spacial score (nSPS) is 21.3. The van der Waals surface area contributed by atoms with Crippen LogP contribution in [0.5, 0.6) is 0 Å². The molecule has 1 saturated heterocycles. The zero-order valence-corrected chi connectivity index (χ0v) is 12.9. The molecule has 1 aliphatic heterocycles. The van der Waals surface area contributed by atoms with E-state index in [1.165, 1.54) is 0 Å². The molecule has 2 heterocycles. The summed E-state index contributed by atoms with van der Waals surface area (Å²) in [5, 5.41) is 0. The average molecular weight is 302 g/mol. The van der Waals surface area contributed by atoms with Crippen molar-refractivity contribution in [3.05, 3.63) is 17.1 Å². The maximum absolute atomic E-state index is 12.5. The molecule has 0 bridgehead atoms. The highest BCUT2D eigenvalue weighted by Gasteiger charge is 2.31. The maximum Gasteiger partial charge on any atom is 0.244 e. The molecule has 2 atom stereocenters. The summed E-state index contributed by atoms with van der Waals surface area (Å²) in [6, 6.07) is -0.178. The van der Waals surface area contributed by atoms with Crippen molar-refractivity contribution >= 4 is 10.0 Å². The van der Waals surface area contributed by atoms with Gasteiger partial charge < -0.3 is 14.9 Å². The van der Waals surface area contributed by atoms with Crippen molar-refractivity contribution in [2.75, 3.05) is 13.2 Å². The molecule has 0 saturated carbocycles. The Kier molecular flexibility index (Phi) is 4.53. The number of nitrogens with one attached hydrogen (secondary N) is 1. The number of sulfonamides is 1. The molecule has 0 aromatic carbocycles. The van der Waals surface area contributed by atoms with E-state index in [1.54, 1.807) is 13.8 Å². The minimum Gasteiger partial charge on any atom is -0.465 e. The second-order valence-electron chi connectivity index (χ2n) is 5.26. The van der Waals surface area contributed by atoms with Crippen molar-refractivity contribution in [3.8, 4) is 0 Å². The van der Waals surface area contributed by atoms with Crippen LogP contribution in [0.4, 0.5) is 0 Å². The molecule has 7 heteroatoms. The van der Waals surface area contributed by atoms with Crippen LogP contribution in [-0.2, 0) is 21.3 Å². The molecule has 2 rings (SSSR count). The predicted molar refractivity (Wildman–Crippen MR) is 74.8 cm³/mol. The Morgan fingerprint density at radius 1 is 1.40 bits per heavy atom. The van der Waals surface area contributed by atoms with Gasteiger partial charge in [-0.15, -0.1) is 0 Å². The molecular formula is C13H22N2O4S. The minimum absolute atomic E-state index is 0.139. The van der Waals surface area contributed by atoms with Crippen molar-refractivity contribution in [1.29, 1.82) is 0 Å². The van der Waals surface area contributed by atoms with Gasteiger partial charge in [-0.05, 0) is 27.2 Å². The Labute approximate surface area is 119 Å². The van der Waals surface area contributed by atoms with Crippen LogP contribution >= 0.6 is 0 Å². The molecule has 1 aromatic heterocycles. The number of hydrogen-bond donors (Lipinski definition) is 2. The summed E-state index contributed by atoms with van der Waals surface area (Å²) < 4.78 is 38.5. The van der Waals surface area contributed by atoms with E-state index in [1.807, 2.05) is 6.92 Å². The van der Waals surface area contributed by atoms with Crippen LogP contribution in [0.3, 0.4) is 0 Å². The first-order chi connectivity index (χ1) is 9.36. The van der Waals surface area contributed by atoms with Gasteiger partial charge in [0, 0.05) is 30.7 Å². The second kappa shape index (κ2) is 5.85. The molecular weight excluding hydrogens is 280 g/mol.